The molecule has 1 N–H and O–H groups in total. The highest BCUT2D eigenvalue weighted by atomic mass is 19.1. The molecule has 1 atom stereocenters. The first-order valence-electron chi connectivity index (χ1n) is 7.46. The summed E-state index contributed by atoms with van der Waals surface area (Å²) in [4.78, 5) is 25.4. The highest BCUT2D eigenvalue weighted by molar-refractivity contribution is 6.22. The summed E-state index contributed by atoms with van der Waals surface area (Å²) in [5, 5.41) is 3.08. The predicted molar refractivity (Wildman–Crippen MR) is 81.0 cm³/mol. The second-order valence-corrected chi connectivity index (χ2v) is 5.53. The maximum Gasteiger partial charge on any atom is 0.251 e. The molecule has 0 radical (unpaired) electrons. The summed E-state index contributed by atoms with van der Waals surface area (Å²) < 4.78 is 18.3. The Morgan fingerprint density at radius 2 is 2.00 bits per heavy atom. The van der Waals surface area contributed by atoms with Gasteiger partial charge >= 0.3 is 0 Å². The van der Waals surface area contributed by atoms with Gasteiger partial charge in [-0.2, -0.15) is 0 Å². The van der Waals surface area contributed by atoms with Crippen molar-refractivity contribution in [1.29, 1.82) is 0 Å². The van der Waals surface area contributed by atoms with Crippen molar-refractivity contribution in [2.75, 3.05) is 18.1 Å². The lowest BCUT2D eigenvalue weighted by Gasteiger charge is -2.15. The molecule has 1 aliphatic heterocycles. The van der Waals surface area contributed by atoms with E-state index in [9.17, 15) is 14.0 Å². The molecule has 5 nitrogen and oxygen atoms in total. The molecule has 0 bridgehead atoms. The van der Waals surface area contributed by atoms with Crippen molar-refractivity contribution in [3.8, 4) is 0 Å². The van der Waals surface area contributed by atoms with Gasteiger partial charge in [-0.1, -0.05) is 0 Å². The Bertz CT molecular complexity index is 531. The van der Waals surface area contributed by atoms with Gasteiger partial charge in [-0.05, 0) is 51.1 Å². The van der Waals surface area contributed by atoms with Crippen LogP contribution in [0.4, 0.5) is 10.1 Å². The van der Waals surface area contributed by atoms with Gasteiger partial charge in [0, 0.05) is 6.61 Å². The van der Waals surface area contributed by atoms with Crippen LogP contribution < -0.4 is 10.2 Å². The average molecular weight is 308 g/mol. The van der Waals surface area contributed by atoms with Crippen LogP contribution in [0.5, 0.6) is 0 Å². The first kappa shape index (κ1) is 16.6. The molecule has 2 amide bonds. The number of benzene rings is 1. The predicted octanol–water partition coefficient (Wildman–Crippen LogP) is 1.86. The molecule has 0 aliphatic carbocycles. The Hall–Kier alpha value is -1.79. The SMILES string of the molecule is CC(C)OCCCN[C@H]1CC(=O)N(c2ccc(F)cc2)C1=O. The van der Waals surface area contributed by atoms with Crippen molar-refractivity contribution in [2.45, 2.75) is 38.8 Å². The maximum absolute atomic E-state index is 12.9. The molecule has 1 aromatic carbocycles. The number of amides is 2. The zero-order valence-corrected chi connectivity index (χ0v) is 12.8. The quantitative estimate of drug-likeness (QED) is 0.617. The molecule has 1 saturated heterocycles. The molecule has 0 saturated carbocycles. The van der Waals surface area contributed by atoms with Crippen LogP contribution in [-0.2, 0) is 14.3 Å². The topological polar surface area (TPSA) is 58.6 Å². The number of anilines is 1. The fourth-order valence-electron chi connectivity index (χ4n) is 2.32. The van der Waals surface area contributed by atoms with Gasteiger partial charge in [0.25, 0.3) is 5.91 Å². The second-order valence-electron chi connectivity index (χ2n) is 5.53. The van der Waals surface area contributed by atoms with Crippen LogP contribution in [0.25, 0.3) is 0 Å². The minimum atomic E-state index is -0.517. The minimum absolute atomic E-state index is 0.126. The number of nitrogens with zero attached hydrogens (tertiary/aromatic N) is 1. The largest absolute Gasteiger partial charge is 0.379 e. The lowest BCUT2D eigenvalue weighted by molar-refractivity contribution is -0.121. The van der Waals surface area contributed by atoms with Crippen LogP contribution in [-0.4, -0.2) is 37.1 Å². The Morgan fingerprint density at radius 3 is 2.64 bits per heavy atom. The molecule has 0 aromatic heterocycles. The third kappa shape index (κ3) is 4.11. The van der Waals surface area contributed by atoms with E-state index in [2.05, 4.69) is 5.32 Å². The molecule has 0 spiro atoms. The lowest BCUT2D eigenvalue weighted by atomic mass is 10.2. The number of hydrogen-bond donors (Lipinski definition) is 1. The monoisotopic (exact) mass is 308 g/mol. The number of halogens is 1. The molecular weight excluding hydrogens is 287 g/mol. The fourth-order valence-corrected chi connectivity index (χ4v) is 2.32. The molecule has 6 heteroatoms. The summed E-state index contributed by atoms with van der Waals surface area (Å²) in [5.41, 5.74) is 0.406. The summed E-state index contributed by atoms with van der Waals surface area (Å²) >= 11 is 0. The zero-order valence-electron chi connectivity index (χ0n) is 12.8. The van der Waals surface area contributed by atoms with E-state index >= 15 is 0 Å². The smallest absolute Gasteiger partial charge is 0.251 e. The van der Waals surface area contributed by atoms with Crippen molar-refractivity contribution in [2.24, 2.45) is 0 Å². The standard InChI is InChI=1S/C16H21FN2O3/c1-11(2)22-9-3-8-18-14-10-15(20)19(16(14)21)13-6-4-12(17)5-7-13/h4-7,11,14,18H,3,8-10H2,1-2H3/t14-/m0/s1. The molecule has 1 heterocycles. The van der Waals surface area contributed by atoms with Gasteiger partial charge in [-0.3, -0.25) is 9.59 Å². The fraction of sp³-hybridized carbons (Fsp3) is 0.500. The number of carbonyl (C=O) groups excluding carboxylic acids is 2. The van der Waals surface area contributed by atoms with Gasteiger partial charge in [-0.15, -0.1) is 0 Å². The first-order valence-corrected chi connectivity index (χ1v) is 7.46. The number of ether oxygens (including phenoxy) is 1. The summed E-state index contributed by atoms with van der Waals surface area (Å²) in [6, 6.07) is 4.82. The van der Waals surface area contributed by atoms with Crippen LogP contribution >= 0.6 is 0 Å². The van der Waals surface area contributed by atoms with E-state index in [1.165, 1.54) is 24.3 Å². The van der Waals surface area contributed by atoms with Crippen LogP contribution in [0.15, 0.2) is 24.3 Å². The van der Waals surface area contributed by atoms with E-state index in [0.29, 0.717) is 18.8 Å². The van der Waals surface area contributed by atoms with Gasteiger partial charge in [0.2, 0.25) is 5.91 Å². The Balaban J connectivity index is 1.87. The van der Waals surface area contributed by atoms with Gasteiger partial charge in [0.15, 0.2) is 0 Å². The molecule has 1 aliphatic rings. The molecule has 22 heavy (non-hydrogen) atoms. The van der Waals surface area contributed by atoms with Gasteiger partial charge in [-0.25, -0.2) is 9.29 Å². The highest BCUT2D eigenvalue weighted by Gasteiger charge is 2.39. The van der Waals surface area contributed by atoms with Crippen LogP contribution in [0.3, 0.4) is 0 Å². The molecule has 2 rings (SSSR count). The van der Waals surface area contributed by atoms with Gasteiger partial charge in [0.05, 0.1) is 24.3 Å². The van der Waals surface area contributed by atoms with Crippen molar-refractivity contribution in [3.63, 3.8) is 0 Å². The second kappa shape index (κ2) is 7.47. The summed E-state index contributed by atoms with van der Waals surface area (Å²) in [5.74, 6) is -0.961. The number of carbonyl (C=O) groups is 2. The minimum Gasteiger partial charge on any atom is -0.379 e. The van der Waals surface area contributed by atoms with Gasteiger partial charge in [0.1, 0.15) is 5.82 Å². The average Bonchev–Trinajstić information content (AvgIpc) is 2.74. The maximum atomic E-state index is 12.9. The number of nitrogens with one attached hydrogen (secondary N) is 1. The first-order chi connectivity index (χ1) is 10.5. The Labute approximate surface area is 129 Å². The highest BCUT2D eigenvalue weighted by Crippen LogP contribution is 2.23. The van der Waals surface area contributed by atoms with Crippen molar-refractivity contribution >= 4 is 17.5 Å². The summed E-state index contributed by atoms with van der Waals surface area (Å²) in [6.07, 6.45) is 1.08. The molecule has 1 aromatic rings. The van der Waals surface area contributed by atoms with Crippen LogP contribution in [0.2, 0.25) is 0 Å². The van der Waals surface area contributed by atoms with Crippen molar-refractivity contribution < 1.29 is 18.7 Å². The zero-order chi connectivity index (χ0) is 16.1. The van der Waals surface area contributed by atoms with E-state index in [-0.39, 0.29) is 24.3 Å². The van der Waals surface area contributed by atoms with Crippen LogP contribution in [0.1, 0.15) is 26.7 Å². The lowest BCUT2D eigenvalue weighted by Crippen LogP contribution is -2.39. The molecule has 120 valence electrons. The third-order valence-corrected chi connectivity index (χ3v) is 3.39. The van der Waals surface area contributed by atoms with E-state index in [1.54, 1.807) is 0 Å². The summed E-state index contributed by atoms with van der Waals surface area (Å²) in [7, 11) is 0. The third-order valence-electron chi connectivity index (χ3n) is 3.39. The summed E-state index contributed by atoms with van der Waals surface area (Å²) in [6.45, 7) is 5.15. The van der Waals surface area contributed by atoms with Crippen molar-refractivity contribution in [1.82, 2.24) is 5.32 Å². The molecular formula is C16H21FN2O3. The molecule has 1 fully saturated rings. The Morgan fingerprint density at radius 1 is 1.32 bits per heavy atom. The van der Waals surface area contributed by atoms with E-state index in [1.807, 2.05) is 13.8 Å². The molecule has 0 unspecified atom stereocenters. The van der Waals surface area contributed by atoms with Crippen LogP contribution in [0, 0.1) is 5.82 Å². The Kier molecular flexibility index (Phi) is 5.63. The number of hydrogen-bond acceptors (Lipinski definition) is 4. The van der Waals surface area contributed by atoms with E-state index in [4.69, 9.17) is 4.74 Å². The van der Waals surface area contributed by atoms with Crippen molar-refractivity contribution in [3.05, 3.63) is 30.1 Å². The van der Waals surface area contributed by atoms with Gasteiger partial charge < -0.3 is 10.1 Å². The normalized spacial score (nSPS) is 18.5. The van der Waals surface area contributed by atoms with E-state index in [0.717, 1.165) is 11.3 Å². The van der Waals surface area contributed by atoms with E-state index < -0.39 is 11.9 Å². The number of imide groups is 1. The number of rotatable bonds is 7.